The van der Waals surface area contributed by atoms with Crippen molar-refractivity contribution in [3.8, 4) is 0 Å². The third-order valence-corrected chi connectivity index (χ3v) is 3.39. The zero-order valence-electron chi connectivity index (χ0n) is 11.2. The first-order valence-corrected chi connectivity index (χ1v) is 6.60. The quantitative estimate of drug-likeness (QED) is 0.624. The fourth-order valence-corrected chi connectivity index (χ4v) is 2.40. The lowest BCUT2D eigenvalue weighted by Gasteiger charge is -2.12. The highest BCUT2D eigenvalue weighted by Gasteiger charge is 2.17. The Morgan fingerprint density at radius 2 is 1.85 bits per heavy atom. The van der Waals surface area contributed by atoms with E-state index in [0.29, 0.717) is 17.0 Å². The molecule has 3 heteroatoms. The number of methoxy groups -OCH3 is 1. The summed E-state index contributed by atoms with van der Waals surface area (Å²) in [5.74, 6) is -0.465. The van der Waals surface area contributed by atoms with Crippen LogP contribution in [0.2, 0.25) is 5.02 Å². The number of carbonyl (C=O) groups excluding carboxylic acids is 1. The number of benzene rings is 2. The SMILES string of the molecule is C=C(C(=O)OC)c1c(Cl)cccc1Cc1ccccc1. The van der Waals surface area contributed by atoms with Crippen molar-refractivity contribution in [1.82, 2.24) is 0 Å². The molecule has 0 saturated heterocycles. The fraction of sp³-hybridized carbons (Fsp3) is 0.118. The Morgan fingerprint density at radius 1 is 1.15 bits per heavy atom. The highest BCUT2D eigenvalue weighted by atomic mass is 35.5. The third-order valence-electron chi connectivity index (χ3n) is 3.07. The van der Waals surface area contributed by atoms with Gasteiger partial charge in [0.2, 0.25) is 0 Å². The lowest BCUT2D eigenvalue weighted by molar-refractivity contribution is -0.133. The summed E-state index contributed by atoms with van der Waals surface area (Å²) >= 11 is 6.22. The molecule has 0 N–H and O–H groups in total. The van der Waals surface area contributed by atoms with Crippen LogP contribution >= 0.6 is 11.6 Å². The van der Waals surface area contributed by atoms with Crippen molar-refractivity contribution in [2.75, 3.05) is 7.11 Å². The molecule has 0 saturated carbocycles. The standard InChI is InChI=1S/C17H15ClO2/c1-12(17(19)20-2)16-14(9-6-10-15(16)18)11-13-7-4-3-5-8-13/h3-10H,1,11H2,2H3. The minimum absolute atomic E-state index is 0.282. The average Bonchev–Trinajstić information content (AvgIpc) is 2.47. The fourth-order valence-electron chi connectivity index (χ4n) is 2.10. The summed E-state index contributed by atoms with van der Waals surface area (Å²) in [6, 6.07) is 15.6. The number of hydrogen-bond acceptors (Lipinski definition) is 2. The molecule has 2 rings (SSSR count). The van der Waals surface area contributed by atoms with Crippen molar-refractivity contribution in [1.29, 1.82) is 0 Å². The minimum Gasteiger partial charge on any atom is -0.465 e. The van der Waals surface area contributed by atoms with Crippen LogP contribution in [-0.2, 0) is 16.0 Å². The summed E-state index contributed by atoms with van der Waals surface area (Å²) in [4.78, 5) is 11.7. The molecule has 0 radical (unpaired) electrons. The lowest BCUT2D eigenvalue weighted by atomic mass is 9.95. The molecular weight excluding hydrogens is 272 g/mol. The van der Waals surface area contributed by atoms with Crippen LogP contribution in [0.15, 0.2) is 55.1 Å². The number of rotatable bonds is 4. The van der Waals surface area contributed by atoms with Gasteiger partial charge in [0.05, 0.1) is 12.7 Å². The molecule has 2 nitrogen and oxygen atoms in total. The number of ether oxygens (including phenoxy) is 1. The van der Waals surface area contributed by atoms with E-state index < -0.39 is 5.97 Å². The van der Waals surface area contributed by atoms with Crippen LogP contribution in [0.4, 0.5) is 0 Å². The van der Waals surface area contributed by atoms with E-state index in [2.05, 4.69) is 6.58 Å². The molecule has 0 aromatic heterocycles. The summed E-state index contributed by atoms with van der Waals surface area (Å²) in [5, 5.41) is 0.508. The summed E-state index contributed by atoms with van der Waals surface area (Å²) in [6.07, 6.45) is 0.687. The average molecular weight is 287 g/mol. The van der Waals surface area contributed by atoms with E-state index >= 15 is 0 Å². The van der Waals surface area contributed by atoms with Crippen molar-refractivity contribution in [2.24, 2.45) is 0 Å². The zero-order chi connectivity index (χ0) is 14.5. The maximum atomic E-state index is 11.7. The van der Waals surface area contributed by atoms with Crippen molar-refractivity contribution in [3.63, 3.8) is 0 Å². The Kier molecular flexibility index (Phi) is 4.59. The Labute approximate surface area is 123 Å². The zero-order valence-corrected chi connectivity index (χ0v) is 12.0. The van der Waals surface area contributed by atoms with Crippen molar-refractivity contribution < 1.29 is 9.53 Å². The molecule has 0 bridgehead atoms. The van der Waals surface area contributed by atoms with Crippen molar-refractivity contribution in [2.45, 2.75) is 6.42 Å². The molecule has 0 aliphatic heterocycles. The molecule has 0 aliphatic carbocycles. The molecule has 0 spiro atoms. The van der Waals surface area contributed by atoms with Crippen LogP contribution in [0.3, 0.4) is 0 Å². The summed E-state index contributed by atoms with van der Waals surface area (Å²) in [6.45, 7) is 3.80. The van der Waals surface area contributed by atoms with E-state index in [1.54, 1.807) is 6.07 Å². The second kappa shape index (κ2) is 6.40. The number of carbonyl (C=O) groups is 1. The molecule has 0 atom stereocenters. The summed E-state index contributed by atoms with van der Waals surface area (Å²) < 4.78 is 4.73. The van der Waals surface area contributed by atoms with Crippen LogP contribution < -0.4 is 0 Å². The molecule has 2 aromatic carbocycles. The molecule has 0 fully saturated rings. The van der Waals surface area contributed by atoms with E-state index in [-0.39, 0.29) is 5.57 Å². The number of esters is 1. The predicted molar refractivity (Wildman–Crippen MR) is 81.8 cm³/mol. The topological polar surface area (TPSA) is 26.3 Å². The van der Waals surface area contributed by atoms with Gasteiger partial charge in [-0.15, -0.1) is 0 Å². The van der Waals surface area contributed by atoms with Gasteiger partial charge >= 0.3 is 5.97 Å². The Morgan fingerprint density at radius 3 is 2.50 bits per heavy atom. The van der Waals surface area contributed by atoms with Crippen molar-refractivity contribution in [3.05, 3.63) is 76.8 Å². The molecule has 102 valence electrons. The first-order valence-electron chi connectivity index (χ1n) is 6.22. The molecule has 0 unspecified atom stereocenters. The Bertz CT molecular complexity index is 633. The summed E-state index contributed by atoms with van der Waals surface area (Å²) in [7, 11) is 1.33. The second-order valence-electron chi connectivity index (χ2n) is 4.41. The molecule has 2 aromatic rings. The van der Waals surface area contributed by atoms with Gasteiger partial charge in [-0.25, -0.2) is 4.79 Å². The van der Waals surface area contributed by atoms with Gasteiger partial charge in [0.15, 0.2) is 0 Å². The van der Waals surface area contributed by atoms with E-state index in [1.165, 1.54) is 7.11 Å². The normalized spacial score (nSPS) is 10.1. The van der Waals surface area contributed by atoms with Gasteiger partial charge in [0.1, 0.15) is 0 Å². The summed E-state index contributed by atoms with van der Waals surface area (Å²) in [5.41, 5.74) is 3.04. The first kappa shape index (κ1) is 14.4. The number of hydrogen-bond donors (Lipinski definition) is 0. The van der Waals surface area contributed by atoms with Crippen molar-refractivity contribution >= 4 is 23.1 Å². The minimum atomic E-state index is -0.465. The Hall–Kier alpha value is -2.06. The monoisotopic (exact) mass is 286 g/mol. The molecule has 0 amide bonds. The van der Waals surface area contributed by atoms with Gasteiger partial charge < -0.3 is 4.74 Å². The van der Waals surface area contributed by atoms with Crippen LogP contribution in [0, 0.1) is 0 Å². The first-order chi connectivity index (χ1) is 9.63. The van der Waals surface area contributed by atoms with Gasteiger partial charge in [-0.2, -0.15) is 0 Å². The van der Waals surface area contributed by atoms with Gasteiger partial charge in [-0.05, 0) is 23.6 Å². The smallest absolute Gasteiger partial charge is 0.337 e. The largest absolute Gasteiger partial charge is 0.465 e. The lowest BCUT2D eigenvalue weighted by Crippen LogP contribution is -2.06. The highest BCUT2D eigenvalue weighted by Crippen LogP contribution is 2.29. The highest BCUT2D eigenvalue weighted by molar-refractivity contribution is 6.34. The molecular formula is C17H15ClO2. The molecule has 20 heavy (non-hydrogen) atoms. The molecule has 0 aliphatic rings. The van der Waals surface area contributed by atoms with E-state index in [9.17, 15) is 4.79 Å². The van der Waals surface area contributed by atoms with Gasteiger partial charge in [0.25, 0.3) is 0 Å². The maximum absolute atomic E-state index is 11.7. The van der Waals surface area contributed by atoms with Crippen LogP contribution in [0.25, 0.3) is 5.57 Å². The van der Waals surface area contributed by atoms with Gasteiger partial charge in [0, 0.05) is 10.6 Å². The van der Waals surface area contributed by atoms with E-state index in [1.807, 2.05) is 42.5 Å². The van der Waals surface area contributed by atoms with Crippen LogP contribution in [0.5, 0.6) is 0 Å². The van der Waals surface area contributed by atoms with Gasteiger partial charge in [-0.3, -0.25) is 0 Å². The molecule has 0 heterocycles. The van der Waals surface area contributed by atoms with Gasteiger partial charge in [-0.1, -0.05) is 60.6 Å². The van der Waals surface area contributed by atoms with Crippen LogP contribution in [0.1, 0.15) is 16.7 Å². The van der Waals surface area contributed by atoms with Crippen LogP contribution in [-0.4, -0.2) is 13.1 Å². The maximum Gasteiger partial charge on any atom is 0.337 e. The second-order valence-corrected chi connectivity index (χ2v) is 4.81. The van der Waals surface area contributed by atoms with E-state index in [0.717, 1.165) is 11.1 Å². The number of halogens is 1. The Balaban J connectivity index is 2.41. The van der Waals surface area contributed by atoms with E-state index in [4.69, 9.17) is 16.3 Å². The third kappa shape index (κ3) is 3.09. The predicted octanol–water partition coefficient (Wildman–Crippen LogP) is 4.12.